The van der Waals surface area contributed by atoms with Crippen LogP contribution in [0.15, 0.2) is 24.3 Å². The maximum absolute atomic E-state index is 13.2. The lowest BCUT2D eigenvalue weighted by molar-refractivity contribution is -0.195. The lowest BCUT2D eigenvalue weighted by Crippen LogP contribution is -2.62. The van der Waals surface area contributed by atoms with E-state index in [0.29, 0.717) is 12.5 Å². The van der Waals surface area contributed by atoms with Crippen molar-refractivity contribution < 1.29 is 24.5 Å². The Labute approximate surface area is 196 Å². The number of rotatable bonds is 4. The predicted octanol–water partition coefficient (Wildman–Crippen LogP) is 3.19. The molecular weight excluding hydrogens is 420 g/mol. The second-order valence-electron chi connectivity index (χ2n) is 11.0. The zero-order chi connectivity index (χ0) is 23.8. The van der Waals surface area contributed by atoms with Gasteiger partial charge >= 0.3 is 6.09 Å². The molecule has 5 unspecified atom stereocenters. The van der Waals surface area contributed by atoms with Crippen molar-refractivity contribution in [3.8, 4) is 0 Å². The number of hydrogen-bond donors (Lipinski definition) is 3. The molecule has 3 N–H and O–H groups in total. The molecule has 2 aliphatic carbocycles. The van der Waals surface area contributed by atoms with E-state index < -0.39 is 23.9 Å². The quantitative estimate of drug-likeness (QED) is 0.644. The summed E-state index contributed by atoms with van der Waals surface area (Å²) in [5.41, 5.74) is 1.75. The molecule has 3 aliphatic rings. The van der Waals surface area contributed by atoms with Gasteiger partial charge in [-0.1, -0.05) is 30.7 Å². The number of aliphatic hydroxyl groups is 2. The monoisotopic (exact) mass is 458 g/mol. The number of nitrogens with zero attached hydrogens (tertiary/aromatic N) is 1. The number of piperidine rings is 1. The zero-order valence-corrected chi connectivity index (χ0v) is 20.0. The fourth-order valence-electron chi connectivity index (χ4n) is 5.88. The average molecular weight is 459 g/mol. The van der Waals surface area contributed by atoms with E-state index in [4.69, 9.17) is 4.74 Å². The number of aliphatic hydroxyl groups excluding tert-OH is 2. The SMILES string of the molecule is CC(C)(C)OC(=O)NCc1cccc(C2CCN(C(=O)C3CCCC4C(O)C(O)C34)CC2)c1. The predicted molar refractivity (Wildman–Crippen MR) is 124 cm³/mol. The second kappa shape index (κ2) is 9.63. The summed E-state index contributed by atoms with van der Waals surface area (Å²) in [5, 5.41) is 23.1. The second-order valence-corrected chi connectivity index (χ2v) is 11.0. The number of benzene rings is 1. The first kappa shape index (κ1) is 24.0. The smallest absolute Gasteiger partial charge is 0.407 e. The highest BCUT2D eigenvalue weighted by Gasteiger charge is 2.55. The summed E-state index contributed by atoms with van der Waals surface area (Å²) < 4.78 is 5.30. The van der Waals surface area contributed by atoms with Gasteiger partial charge in [-0.3, -0.25) is 4.79 Å². The first-order valence-corrected chi connectivity index (χ1v) is 12.3. The van der Waals surface area contributed by atoms with E-state index in [9.17, 15) is 19.8 Å². The number of fused-ring (bicyclic) bond motifs is 1. The van der Waals surface area contributed by atoms with Crippen molar-refractivity contribution in [3.05, 3.63) is 35.4 Å². The molecule has 1 aromatic carbocycles. The van der Waals surface area contributed by atoms with Gasteiger partial charge in [0.15, 0.2) is 0 Å². The number of alkyl carbamates (subject to hydrolysis) is 1. The summed E-state index contributed by atoms with van der Waals surface area (Å²) in [6.07, 6.45) is 2.65. The number of carbonyl (C=O) groups is 2. The summed E-state index contributed by atoms with van der Waals surface area (Å²) in [6.45, 7) is 7.38. The number of amides is 2. The van der Waals surface area contributed by atoms with Crippen molar-refractivity contribution in [1.29, 1.82) is 0 Å². The third-order valence-corrected chi connectivity index (χ3v) is 7.58. The van der Waals surface area contributed by atoms with Crippen molar-refractivity contribution in [3.63, 3.8) is 0 Å². The molecule has 2 amide bonds. The first-order valence-electron chi connectivity index (χ1n) is 12.3. The topological polar surface area (TPSA) is 99.1 Å². The van der Waals surface area contributed by atoms with Gasteiger partial charge in [-0.2, -0.15) is 0 Å². The van der Waals surface area contributed by atoms with Crippen LogP contribution in [0.2, 0.25) is 0 Å². The van der Waals surface area contributed by atoms with Crippen LogP contribution < -0.4 is 5.32 Å². The Balaban J connectivity index is 1.30. The van der Waals surface area contributed by atoms with Crippen molar-refractivity contribution >= 4 is 12.0 Å². The molecule has 0 bridgehead atoms. The van der Waals surface area contributed by atoms with E-state index in [-0.39, 0.29) is 23.7 Å². The molecule has 0 radical (unpaired) electrons. The van der Waals surface area contributed by atoms with Crippen LogP contribution >= 0.6 is 0 Å². The number of hydrogen-bond acceptors (Lipinski definition) is 5. The molecule has 0 spiro atoms. The van der Waals surface area contributed by atoms with E-state index in [1.165, 1.54) is 5.56 Å². The number of ether oxygens (including phenoxy) is 1. The van der Waals surface area contributed by atoms with Crippen LogP contribution in [0.1, 0.15) is 69.9 Å². The van der Waals surface area contributed by atoms with Crippen molar-refractivity contribution in [2.75, 3.05) is 13.1 Å². The molecular formula is C26H38N2O5. The van der Waals surface area contributed by atoms with Crippen LogP contribution in [-0.4, -0.2) is 58.0 Å². The van der Waals surface area contributed by atoms with Gasteiger partial charge in [0, 0.05) is 31.5 Å². The lowest BCUT2D eigenvalue weighted by Gasteiger charge is -2.53. The lowest BCUT2D eigenvalue weighted by atomic mass is 9.56. The largest absolute Gasteiger partial charge is 0.444 e. The minimum absolute atomic E-state index is 0.0758. The molecule has 1 aliphatic heterocycles. The molecule has 2 saturated carbocycles. The van der Waals surface area contributed by atoms with E-state index >= 15 is 0 Å². The molecule has 1 aromatic rings. The van der Waals surface area contributed by atoms with Crippen LogP contribution in [-0.2, 0) is 16.1 Å². The van der Waals surface area contributed by atoms with Crippen molar-refractivity contribution in [2.24, 2.45) is 17.8 Å². The fourth-order valence-corrected chi connectivity index (χ4v) is 5.88. The standard InChI is InChI=1S/C26H38N2O5/c1-26(2,3)33-25(32)27-15-16-6-4-7-18(14-16)17-10-12-28(13-11-17)24(31)20-9-5-8-19-21(20)23(30)22(19)29/h4,6-7,14,17,19-23,29-30H,5,8-13,15H2,1-3H3,(H,27,32). The highest BCUT2D eigenvalue weighted by molar-refractivity contribution is 5.79. The van der Waals surface area contributed by atoms with Gasteiger partial charge in [0.05, 0.1) is 12.2 Å². The Morgan fingerprint density at radius 3 is 2.52 bits per heavy atom. The van der Waals surface area contributed by atoms with E-state index in [1.54, 1.807) is 0 Å². The molecule has 0 aromatic heterocycles. The Kier molecular flexibility index (Phi) is 7.01. The molecule has 182 valence electrons. The zero-order valence-electron chi connectivity index (χ0n) is 20.0. The summed E-state index contributed by atoms with van der Waals surface area (Å²) in [6, 6.07) is 8.27. The molecule has 4 rings (SSSR count). The summed E-state index contributed by atoms with van der Waals surface area (Å²) in [5.74, 6) is 0.390. The molecule has 33 heavy (non-hydrogen) atoms. The van der Waals surface area contributed by atoms with Gasteiger partial charge in [0.2, 0.25) is 5.91 Å². The summed E-state index contributed by atoms with van der Waals surface area (Å²) >= 11 is 0. The van der Waals surface area contributed by atoms with Crippen molar-refractivity contribution in [1.82, 2.24) is 10.2 Å². The van der Waals surface area contributed by atoms with Crippen LogP contribution in [0.25, 0.3) is 0 Å². The minimum atomic E-state index is -0.751. The minimum Gasteiger partial charge on any atom is -0.444 e. The van der Waals surface area contributed by atoms with Crippen LogP contribution in [0.4, 0.5) is 4.79 Å². The number of nitrogens with one attached hydrogen (secondary N) is 1. The van der Waals surface area contributed by atoms with Gasteiger partial charge in [-0.25, -0.2) is 4.79 Å². The van der Waals surface area contributed by atoms with Gasteiger partial charge in [-0.15, -0.1) is 0 Å². The normalized spacial score (nSPS) is 30.2. The van der Waals surface area contributed by atoms with Crippen LogP contribution in [0.5, 0.6) is 0 Å². The Bertz CT molecular complexity index is 858. The number of likely N-dealkylation sites (tertiary alicyclic amines) is 1. The molecule has 7 heteroatoms. The van der Waals surface area contributed by atoms with Gasteiger partial charge in [0.25, 0.3) is 0 Å². The molecule has 5 atom stereocenters. The van der Waals surface area contributed by atoms with Crippen molar-refractivity contribution in [2.45, 2.75) is 83.1 Å². The maximum atomic E-state index is 13.2. The summed E-state index contributed by atoms with van der Waals surface area (Å²) in [7, 11) is 0. The van der Waals surface area contributed by atoms with Crippen LogP contribution in [0, 0.1) is 17.8 Å². The van der Waals surface area contributed by atoms with E-state index in [0.717, 1.165) is 50.8 Å². The Morgan fingerprint density at radius 1 is 1.09 bits per heavy atom. The first-order chi connectivity index (χ1) is 15.6. The van der Waals surface area contributed by atoms with Gasteiger partial charge < -0.3 is 25.2 Å². The van der Waals surface area contributed by atoms with E-state index in [1.807, 2.05) is 37.8 Å². The summed E-state index contributed by atoms with van der Waals surface area (Å²) in [4.78, 5) is 27.1. The molecule has 1 saturated heterocycles. The Hall–Kier alpha value is -2.12. The highest BCUT2D eigenvalue weighted by Crippen LogP contribution is 2.49. The fraction of sp³-hybridized carbons (Fsp3) is 0.692. The maximum Gasteiger partial charge on any atom is 0.407 e. The molecule has 3 fully saturated rings. The third-order valence-electron chi connectivity index (χ3n) is 7.58. The Morgan fingerprint density at radius 2 is 1.82 bits per heavy atom. The molecule has 1 heterocycles. The van der Waals surface area contributed by atoms with Crippen LogP contribution in [0.3, 0.4) is 0 Å². The third kappa shape index (κ3) is 5.35. The molecule has 7 nitrogen and oxygen atoms in total. The van der Waals surface area contributed by atoms with Gasteiger partial charge in [-0.05, 0) is 69.4 Å². The highest BCUT2D eigenvalue weighted by atomic mass is 16.6. The van der Waals surface area contributed by atoms with Gasteiger partial charge in [0.1, 0.15) is 5.60 Å². The number of carbonyl (C=O) groups excluding carboxylic acids is 2. The average Bonchev–Trinajstić information content (AvgIpc) is 2.80. The van der Waals surface area contributed by atoms with E-state index in [2.05, 4.69) is 17.4 Å².